The van der Waals surface area contributed by atoms with Gasteiger partial charge in [-0.15, -0.1) is 0 Å². The Bertz CT molecular complexity index is 214. The van der Waals surface area contributed by atoms with E-state index in [1.807, 2.05) is 41.5 Å². The molecule has 0 N–H and O–H groups in total. The maximum atomic E-state index is 6.37. The van der Waals surface area contributed by atoms with Gasteiger partial charge in [-0.25, -0.2) is 0 Å². The van der Waals surface area contributed by atoms with Gasteiger partial charge in [0.15, 0.2) is 0 Å². The van der Waals surface area contributed by atoms with Crippen molar-refractivity contribution in [2.75, 3.05) is 0 Å². The predicted molar refractivity (Wildman–Crippen MR) is 107 cm³/mol. The molecule has 23 heavy (non-hydrogen) atoms. The van der Waals surface area contributed by atoms with Gasteiger partial charge in [0.25, 0.3) is 0 Å². The van der Waals surface area contributed by atoms with Crippen LogP contribution in [0.4, 0.5) is 0 Å². The van der Waals surface area contributed by atoms with Gasteiger partial charge in [0.05, 0.1) is 12.2 Å². The van der Waals surface area contributed by atoms with E-state index in [0.29, 0.717) is 12.2 Å². The molecule has 0 aromatic heterocycles. The third-order valence-electron chi connectivity index (χ3n) is 5.49. The molecule has 2 rings (SSSR count). The van der Waals surface area contributed by atoms with Crippen LogP contribution in [0.25, 0.3) is 0 Å². The molecule has 0 aromatic carbocycles. The van der Waals surface area contributed by atoms with E-state index in [9.17, 15) is 0 Å². The zero-order chi connectivity index (χ0) is 18.4. The molecule has 1 nitrogen and oxygen atoms in total. The first-order chi connectivity index (χ1) is 11.1. The van der Waals surface area contributed by atoms with E-state index in [1.165, 1.54) is 38.5 Å². The first-order valence-corrected chi connectivity index (χ1v) is 10.7. The van der Waals surface area contributed by atoms with Crippen LogP contribution in [0.1, 0.15) is 108 Å². The fourth-order valence-electron chi connectivity index (χ4n) is 3.52. The van der Waals surface area contributed by atoms with Crippen molar-refractivity contribution in [3.05, 3.63) is 0 Å². The first kappa shape index (κ1) is 25.2. The zero-order valence-corrected chi connectivity index (χ0v) is 18.1. The molecule has 0 spiro atoms. The van der Waals surface area contributed by atoms with Crippen molar-refractivity contribution in [3.63, 3.8) is 0 Å². The molecule has 0 heterocycles. The SMILES string of the molecule is CC.CC.CC.CC1CCC(OC2CCC(C)C(C)C2)CC1C. The van der Waals surface area contributed by atoms with Crippen LogP contribution in [0.2, 0.25) is 0 Å². The Morgan fingerprint density at radius 2 is 0.783 bits per heavy atom. The van der Waals surface area contributed by atoms with Gasteiger partial charge in [0.2, 0.25) is 0 Å². The summed E-state index contributed by atoms with van der Waals surface area (Å²) < 4.78 is 6.37. The second-order valence-corrected chi connectivity index (χ2v) is 6.92. The topological polar surface area (TPSA) is 9.23 Å². The molecule has 0 aromatic rings. The van der Waals surface area contributed by atoms with Crippen LogP contribution in [-0.4, -0.2) is 12.2 Å². The van der Waals surface area contributed by atoms with E-state index in [-0.39, 0.29) is 0 Å². The number of rotatable bonds is 2. The van der Waals surface area contributed by atoms with Crippen LogP contribution in [0.15, 0.2) is 0 Å². The third-order valence-corrected chi connectivity index (χ3v) is 5.49. The molecular weight excluding hydrogens is 280 g/mol. The van der Waals surface area contributed by atoms with Crippen LogP contribution in [0.3, 0.4) is 0 Å². The molecule has 0 aliphatic heterocycles. The van der Waals surface area contributed by atoms with Crippen LogP contribution < -0.4 is 0 Å². The Balaban J connectivity index is 0. The predicted octanol–water partition coefficient (Wildman–Crippen LogP) is 7.73. The molecule has 0 saturated heterocycles. The fraction of sp³-hybridized carbons (Fsp3) is 1.00. The molecule has 142 valence electrons. The van der Waals surface area contributed by atoms with Crippen LogP contribution >= 0.6 is 0 Å². The van der Waals surface area contributed by atoms with Gasteiger partial charge in [-0.2, -0.15) is 0 Å². The molecule has 6 unspecified atom stereocenters. The smallest absolute Gasteiger partial charge is 0.0581 e. The van der Waals surface area contributed by atoms with Crippen LogP contribution in [0.5, 0.6) is 0 Å². The summed E-state index contributed by atoms with van der Waals surface area (Å²) in [6, 6.07) is 0. The van der Waals surface area contributed by atoms with Gasteiger partial charge in [-0.1, -0.05) is 69.2 Å². The second kappa shape index (κ2) is 15.5. The van der Waals surface area contributed by atoms with E-state index >= 15 is 0 Å². The molecule has 2 fully saturated rings. The summed E-state index contributed by atoms with van der Waals surface area (Å²) in [6.07, 6.45) is 9.04. The minimum Gasteiger partial charge on any atom is -0.375 e. The van der Waals surface area contributed by atoms with E-state index in [1.54, 1.807) is 0 Å². The van der Waals surface area contributed by atoms with E-state index < -0.39 is 0 Å². The largest absolute Gasteiger partial charge is 0.375 e. The molecule has 2 aliphatic rings. The summed E-state index contributed by atoms with van der Waals surface area (Å²) >= 11 is 0. The van der Waals surface area contributed by atoms with Gasteiger partial charge in [-0.3, -0.25) is 0 Å². The van der Waals surface area contributed by atoms with Crippen molar-refractivity contribution in [1.29, 1.82) is 0 Å². The lowest BCUT2D eigenvalue weighted by atomic mass is 9.78. The highest BCUT2D eigenvalue weighted by molar-refractivity contribution is 4.80. The van der Waals surface area contributed by atoms with Crippen molar-refractivity contribution in [2.45, 2.75) is 120 Å². The van der Waals surface area contributed by atoms with Gasteiger partial charge in [0.1, 0.15) is 0 Å². The molecule has 2 aliphatic carbocycles. The molecule has 1 heteroatoms. The summed E-state index contributed by atoms with van der Waals surface area (Å²) in [5.41, 5.74) is 0. The van der Waals surface area contributed by atoms with Crippen molar-refractivity contribution in [1.82, 2.24) is 0 Å². The average Bonchev–Trinajstić information content (AvgIpc) is 2.60. The summed E-state index contributed by atoms with van der Waals surface area (Å²) in [5, 5.41) is 0. The van der Waals surface area contributed by atoms with Gasteiger partial charge >= 0.3 is 0 Å². The van der Waals surface area contributed by atoms with Gasteiger partial charge < -0.3 is 4.74 Å². The Kier molecular flexibility index (Phi) is 17.0. The van der Waals surface area contributed by atoms with Crippen molar-refractivity contribution < 1.29 is 4.74 Å². The average molecular weight is 329 g/mol. The fourth-order valence-corrected chi connectivity index (χ4v) is 3.52. The van der Waals surface area contributed by atoms with Crippen molar-refractivity contribution in [2.24, 2.45) is 23.7 Å². The van der Waals surface area contributed by atoms with Crippen molar-refractivity contribution in [3.8, 4) is 0 Å². The quantitative estimate of drug-likeness (QED) is 0.504. The molecule has 6 atom stereocenters. The van der Waals surface area contributed by atoms with E-state index in [0.717, 1.165) is 23.7 Å². The van der Waals surface area contributed by atoms with Crippen LogP contribution in [-0.2, 0) is 4.74 Å². The second-order valence-electron chi connectivity index (χ2n) is 6.92. The normalized spacial score (nSPS) is 36.3. The Hall–Kier alpha value is -0.0400. The molecule has 0 radical (unpaired) electrons. The number of hydrogen-bond donors (Lipinski definition) is 0. The maximum absolute atomic E-state index is 6.37. The molecular formula is C22H48O. The van der Waals surface area contributed by atoms with Crippen LogP contribution in [0, 0.1) is 23.7 Å². The number of hydrogen-bond acceptors (Lipinski definition) is 1. The molecule has 2 saturated carbocycles. The lowest BCUT2D eigenvalue weighted by molar-refractivity contribution is -0.0731. The third kappa shape index (κ3) is 9.75. The Morgan fingerprint density at radius 3 is 1.04 bits per heavy atom. The first-order valence-electron chi connectivity index (χ1n) is 10.7. The highest BCUT2D eigenvalue weighted by Crippen LogP contribution is 2.35. The standard InChI is InChI=1S/C16H30O.3C2H6/c1-11-5-7-15(9-13(11)3)17-16-8-6-12(2)14(4)10-16;3*1-2/h11-16H,5-10H2,1-4H3;3*1-2H3. The minimum absolute atomic E-state index is 0.562. The Labute approximate surface area is 149 Å². The van der Waals surface area contributed by atoms with E-state index in [4.69, 9.17) is 4.74 Å². The molecule has 0 amide bonds. The lowest BCUT2D eigenvalue weighted by Gasteiger charge is -2.38. The highest BCUT2D eigenvalue weighted by atomic mass is 16.5. The number of ether oxygens (including phenoxy) is 1. The summed E-state index contributed by atoms with van der Waals surface area (Å²) in [6.45, 7) is 21.6. The van der Waals surface area contributed by atoms with E-state index in [2.05, 4.69) is 27.7 Å². The maximum Gasteiger partial charge on any atom is 0.0581 e. The summed E-state index contributed by atoms with van der Waals surface area (Å²) in [4.78, 5) is 0. The Morgan fingerprint density at radius 1 is 0.478 bits per heavy atom. The monoisotopic (exact) mass is 328 g/mol. The zero-order valence-electron chi connectivity index (χ0n) is 18.1. The minimum atomic E-state index is 0.562. The van der Waals surface area contributed by atoms with Gasteiger partial charge in [-0.05, 0) is 62.2 Å². The summed E-state index contributed by atoms with van der Waals surface area (Å²) in [5.74, 6) is 3.52. The molecule has 0 bridgehead atoms. The van der Waals surface area contributed by atoms with Gasteiger partial charge in [0, 0.05) is 0 Å². The van der Waals surface area contributed by atoms with Crippen molar-refractivity contribution >= 4 is 0 Å². The summed E-state index contributed by atoms with van der Waals surface area (Å²) in [7, 11) is 0. The highest BCUT2D eigenvalue weighted by Gasteiger charge is 2.30. The lowest BCUT2D eigenvalue weighted by Crippen LogP contribution is -2.34.